The van der Waals surface area contributed by atoms with Crippen LogP contribution in [0.5, 0.6) is 0 Å². The number of hydrogen-bond donors (Lipinski definition) is 1. The van der Waals surface area contributed by atoms with Crippen LogP contribution in [-0.4, -0.2) is 26.4 Å². The van der Waals surface area contributed by atoms with Gasteiger partial charge in [0.05, 0.1) is 0 Å². The number of sulfone groups is 1. The van der Waals surface area contributed by atoms with E-state index in [0.717, 1.165) is 12.3 Å². The van der Waals surface area contributed by atoms with E-state index in [0.29, 0.717) is 6.07 Å². The monoisotopic (exact) mass is 250 g/mol. The third-order valence-corrected chi connectivity index (χ3v) is 3.33. The van der Waals surface area contributed by atoms with Crippen LogP contribution in [0.4, 0.5) is 8.78 Å². The molecule has 6 heteroatoms. The summed E-state index contributed by atoms with van der Waals surface area (Å²) in [5.41, 5.74) is -0.136. The van der Waals surface area contributed by atoms with Gasteiger partial charge in [-0.05, 0) is 17.7 Å². The summed E-state index contributed by atoms with van der Waals surface area (Å²) >= 11 is 0. The molecule has 1 unspecified atom stereocenters. The van der Waals surface area contributed by atoms with Gasteiger partial charge in [0, 0.05) is 18.8 Å². The molecular weight excluding hydrogens is 238 g/mol. The van der Waals surface area contributed by atoms with Crippen LogP contribution in [0.2, 0.25) is 0 Å². The van der Waals surface area contributed by atoms with Crippen molar-refractivity contribution < 1.29 is 22.3 Å². The molecule has 0 aliphatic heterocycles. The first-order valence-corrected chi connectivity index (χ1v) is 6.46. The fourth-order valence-corrected chi connectivity index (χ4v) is 2.08. The van der Waals surface area contributed by atoms with Crippen molar-refractivity contribution in [3.8, 4) is 0 Å². The number of benzene rings is 1. The van der Waals surface area contributed by atoms with Crippen molar-refractivity contribution >= 4 is 9.84 Å². The summed E-state index contributed by atoms with van der Waals surface area (Å²) in [6.45, 7) is 1.09. The van der Waals surface area contributed by atoms with Crippen molar-refractivity contribution in [2.24, 2.45) is 0 Å². The molecule has 0 saturated carbocycles. The van der Waals surface area contributed by atoms with Crippen LogP contribution in [0.15, 0.2) is 17.0 Å². The van der Waals surface area contributed by atoms with Crippen molar-refractivity contribution in [3.63, 3.8) is 0 Å². The third-order valence-electron chi connectivity index (χ3n) is 2.24. The van der Waals surface area contributed by atoms with E-state index >= 15 is 0 Å². The SMILES string of the molecule is CC(CO)c1cc(F)cc(S(C)(=O)=O)c1F. The summed E-state index contributed by atoms with van der Waals surface area (Å²) in [5.74, 6) is -2.49. The Morgan fingerprint density at radius 2 is 1.94 bits per heavy atom. The summed E-state index contributed by atoms with van der Waals surface area (Å²) < 4.78 is 49.3. The predicted octanol–water partition coefficient (Wildman–Crippen LogP) is 1.46. The van der Waals surface area contributed by atoms with E-state index in [9.17, 15) is 17.2 Å². The Bertz CT molecular complexity index is 497. The molecule has 1 aromatic rings. The van der Waals surface area contributed by atoms with E-state index in [1.807, 2.05) is 0 Å². The lowest BCUT2D eigenvalue weighted by molar-refractivity contribution is 0.269. The maximum Gasteiger partial charge on any atom is 0.178 e. The summed E-state index contributed by atoms with van der Waals surface area (Å²) in [6.07, 6.45) is 0.804. The van der Waals surface area contributed by atoms with Crippen molar-refractivity contribution in [3.05, 3.63) is 29.3 Å². The van der Waals surface area contributed by atoms with Crippen molar-refractivity contribution in [2.45, 2.75) is 17.7 Å². The molecule has 0 spiro atoms. The highest BCUT2D eigenvalue weighted by atomic mass is 32.2. The van der Waals surface area contributed by atoms with Crippen molar-refractivity contribution in [1.29, 1.82) is 0 Å². The number of rotatable bonds is 3. The van der Waals surface area contributed by atoms with Gasteiger partial charge < -0.3 is 5.11 Å². The molecule has 16 heavy (non-hydrogen) atoms. The molecule has 1 aromatic carbocycles. The normalized spacial score (nSPS) is 13.8. The molecule has 90 valence electrons. The van der Waals surface area contributed by atoms with Gasteiger partial charge in [-0.15, -0.1) is 0 Å². The van der Waals surface area contributed by atoms with Gasteiger partial charge in [-0.3, -0.25) is 0 Å². The van der Waals surface area contributed by atoms with Crippen molar-refractivity contribution in [1.82, 2.24) is 0 Å². The quantitative estimate of drug-likeness (QED) is 0.883. The van der Waals surface area contributed by atoms with Gasteiger partial charge in [0.25, 0.3) is 0 Å². The van der Waals surface area contributed by atoms with E-state index < -0.39 is 32.3 Å². The van der Waals surface area contributed by atoms with Gasteiger partial charge in [0.1, 0.15) is 16.5 Å². The lowest BCUT2D eigenvalue weighted by Crippen LogP contribution is -2.09. The predicted molar refractivity (Wildman–Crippen MR) is 55.0 cm³/mol. The largest absolute Gasteiger partial charge is 0.396 e. The summed E-state index contributed by atoms with van der Waals surface area (Å²) in [5, 5.41) is 8.86. The minimum absolute atomic E-state index is 0.136. The topological polar surface area (TPSA) is 54.4 Å². The molecule has 1 N–H and O–H groups in total. The first kappa shape index (κ1) is 13.1. The Hall–Kier alpha value is -1.01. The van der Waals surface area contributed by atoms with Crippen LogP contribution in [0, 0.1) is 11.6 Å². The molecule has 0 radical (unpaired) electrons. The van der Waals surface area contributed by atoms with Crippen LogP contribution in [0.1, 0.15) is 18.4 Å². The van der Waals surface area contributed by atoms with Crippen LogP contribution >= 0.6 is 0 Å². The number of aliphatic hydroxyl groups is 1. The average molecular weight is 250 g/mol. The number of hydrogen-bond acceptors (Lipinski definition) is 3. The van der Waals surface area contributed by atoms with E-state index in [1.165, 1.54) is 6.92 Å². The van der Waals surface area contributed by atoms with E-state index in [1.54, 1.807) is 0 Å². The molecule has 0 fully saturated rings. The maximum absolute atomic E-state index is 13.7. The van der Waals surface area contributed by atoms with Crippen molar-refractivity contribution in [2.75, 3.05) is 12.9 Å². The Morgan fingerprint density at radius 1 is 1.38 bits per heavy atom. The molecule has 0 amide bonds. The molecule has 0 aliphatic carbocycles. The molecule has 1 atom stereocenters. The zero-order chi connectivity index (χ0) is 12.5. The fraction of sp³-hybridized carbons (Fsp3) is 0.400. The van der Waals surface area contributed by atoms with Gasteiger partial charge >= 0.3 is 0 Å². The first-order chi connectivity index (χ1) is 7.27. The molecule has 0 aromatic heterocycles. The number of halogens is 2. The van der Waals surface area contributed by atoms with Crippen LogP contribution in [-0.2, 0) is 9.84 Å². The smallest absolute Gasteiger partial charge is 0.178 e. The zero-order valence-electron chi connectivity index (χ0n) is 8.87. The molecule has 3 nitrogen and oxygen atoms in total. The zero-order valence-corrected chi connectivity index (χ0v) is 9.68. The van der Waals surface area contributed by atoms with Crippen LogP contribution < -0.4 is 0 Å². The Labute approximate surface area is 92.6 Å². The van der Waals surface area contributed by atoms with Crippen LogP contribution in [0.3, 0.4) is 0 Å². The molecular formula is C10H12F2O3S. The summed E-state index contributed by atoms with van der Waals surface area (Å²) in [4.78, 5) is -0.678. The fourth-order valence-electron chi connectivity index (χ4n) is 1.31. The second-order valence-electron chi connectivity index (χ2n) is 3.66. The second kappa shape index (κ2) is 4.47. The standard InChI is InChI=1S/C10H12F2O3S/c1-6(5-13)8-3-7(11)4-9(10(8)12)16(2,14)15/h3-4,6,13H,5H2,1-2H3. The summed E-state index contributed by atoms with van der Waals surface area (Å²) in [6, 6.07) is 1.53. The van der Waals surface area contributed by atoms with Crippen LogP contribution in [0.25, 0.3) is 0 Å². The highest BCUT2D eigenvalue weighted by Gasteiger charge is 2.21. The number of aliphatic hydroxyl groups excluding tert-OH is 1. The van der Waals surface area contributed by atoms with Gasteiger partial charge in [0.15, 0.2) is 9.84 Å². The highest BCUT2D eigenvalue weighted by Crippen LogP contribution is 2.25. The third kappa shape index (κ3) is 2.56. The average Bonchev–Trinajstić information content (AvgIpc) is 2.18. The second-order valence-corrected chi connectivity index (χ2v) is 5.65. The maximum atomic E-state index is 13.7. The lowest BCUT2D eigenvalue weighted by Gasteiger charge is -2.12. The minimum atomic E-state index is -3.82. The first-order valence-electron chi connectivity index (χ1n) is 4.57. The van der Waals surface area contributed by atoms with E-state index in [4.69, 9.17) is 5.11 Å². The minimum Gasteiger partial charge on any atom is -0.396 e. The highest BCUT2D eigenvalue weighted by molar-refractivity contribution is 7.90. The Morgan fingerprint density at radius 3 is 2.38 bits per heavy atom. The molecule has 1 rings (SSSR count). The van der Waals surface area contributed by atoms with E-state index in [2.05, 4.69) is 0 Å². The van der Waals surface area contributed by atoms with Gasteiger partial charge in [-0.2, -0.15) is 0 Å². The Kier molecular flexibility index (Phi) is 3.64. The summed E-state index contributed by atoms with van der Waals surface area (Å²) in [7, 11) is -3.82. The molecule has 0 heterocycles. The molecule has 0 aliphatic rings. The molecule has 0 bridgehead atoms. The lowest BCUT2D eigenvalue weighted by atomic mass is 10.0. The van der Waals surface area contributed by atoms with Gasteiger partial charge in [-0.25, -0.2) is 17.2 Å². The molecule has 0 saturated heterocycles. The van der Waals surface area contributed by atoms with Gasteiger partial charge in [-0.1, -0.05) is 6.92 Å². The Balaban J connectivity index is 3.50. The van der Waals surface area contributed by atoms with E-state index in [-0.39, 0.29) is 12.2 Å². The van der Waals surface area contributed by atoms with Gasteiger partial charge in [0.2, 0.25) is 0 Å².